The van der Waals surface area contributed by atoms with Crippen LogP contribution >= 0.6 is 0 Å². The fourth-order valence-electron chi connectivity index (χ4n) is 7.04. The number of hydrogen-bond acceptors (Lipinski definition) is 5. The van der Waals surface area contributed by atoms with Crippen molar-refractivity contribution >= 4 is 23.7 Å². The SMILES string of the molecule is CCCCCCCCCCCCCCCCCCN(C(=O)CCCCCCCCCCCCCCCCC)C(=O)[C@@H](N)CCC(N=C(N)N)C(=O)O. The van der Waals surface area contributed by atoms with Crippen molar-refractivity contribution in [3.05, 3.63) is 0 Å². The van der Waals surface area contributed by atoms with Crippen LogP contribution in [0.25, 0.3) is 0 Å². The lowest BCUT2D eigenvalue weighted by Crippen LogP contribution is -2.47. The first-order valence-electron chi connectivity index (χ1n) is 22.2. The number of carbonyl (C=O) groups excluding carboxylic acids is 2. The number of amides is 2. The largest absolute Gasteiger partial charge is 0.480 e. The Balaban J connectivity index is 4.46. The van der Waals surface area contributed by atoms with Crippen LogP contribution in [0.5, 0.6) is 0 Å². The van der Waals surface area contributed by atoms with Crippen molar-refractivity contribution in [3.63, 3.8) is 0 Å². The molecule has 2 atom stereocenters. The highest BCUT2D eigenvalue weighted by Gasteiger charge is 2.27. The van der Waals surface area contributed by atoms with Gasteiger partial charge in [0.1, 0.15) is 0 Å². The van der Waals surface area contributed by atoms with Crippen LogP contribution in [0.1, 0.15) is 232 Å². The number of rotatable bonds is 39. The molecular formula is C43H85N5O4. The van der Waals surface area contributed by atoms with E-state index in [4.69, 9.17) is 17.2 Å². The molecule has 0 radical (unpaired) electrons. The van der Waals surface area contributed by atoms with Crippen molar-refractivity contribution in [2.45, 2.75) is 244 Å². The molecule has 0 saturated heterocycles. The molecule has 0 bridgehead atoms. The quantitative estimate of drug-likeness (QED) is 0.0277. The van der Waals surface area contributed by atoms with Gasteiger partial charge in [0.05, 0.1) is 6.04 Å². The van der Waals surface area contributed by atoms with Crippen molar-refractivity contribution in [2.24, 2.45) is 22.2 Å². The molecule has 0 aromatic rings. The number of guanidine groups is 1. The molecule has 2 amide bonds. The van der Waals surface area contributed by atoms with Crippen LogP contribution in [0.2, 0.25) is 0 Å². The van der Waals surface area contributed by atoms with E-state index in [1.807, 2.05) is 0 Å². The van der Waals surface area contributed by atoms with Crippen LogP contribution in [-0.4, -0.2) is 52.4 Å². The molecule has 0 heterocycles. The molecule has 52 heavy (non-hydrogen) atoms. The highest BCUT2D eigenvalue weighted by Crippen LogP contribution is 2.17. The second-order valence-corrected chi connectivity index (χ2v) is 15.5. The van der Waals surface area contributed by atoms with Gasteiger partial charge in [-0.05, 0) is 25.7 Å². The summed E-state index contributed by atoms with van der Waals surface area (Å²) in [6, 6.07) is -2.16. The normalized spacial score (nSPS) is 12.4. The lowest BCUT2D eigenvalue weighted by molar-refractivity contribution is -0.146. The minimum absolute atomic E-state index is 0.0142. The van der Waals surface area contributed by atoms with Crippen LogP contribution in [0.4, 0.5) is 0 Å². The molecule has 0 aromatic carbocycles. The maximum Gasteiger partial charge on any atom is 0.328 e. The van der Waals surface area contributed by atoms with Crippen LogP contribution in [-0.2, 0) is 14.4 Å². The average Bonchev–Trinajstić information content (AvgIpc) is 3.12. The number of nitrogens with two attached hydrogens (primary N) is 3. The number of carbonyl (C=O) groups is 3. The van der Waals surface area contributed by atoms with E-state index < -0.39 is 24.0 Å². The van der Waals surface area contributed by atoms with E-state index >= 15 is 0 Å². The summed E-state index contributed by atoms with van der Waals surface area (Å²) in [6.45, 7) is 4.89. The van der Waals surface area contributed by atoms with Gasteiger partial charge in [-0.1, -0.05) is 200 Å². The van der Waals surface area contributed by atoms with Crippen molar-refractivity contribution in [1.29, 1.82) is 0 Å². The highest BCUT2D eigenvalue weighted by molar-refractivity contribution is 5.97. The highest BCUT2D eigenvalue weighted by atomic mass is 16.4. The van der Waals surface area contributed by atoms with E-state index in [9.17, 15) is 19.5 Å². The van der Waals surface area contributed by atoms with Gasteiger partial charge in [-0.3, -0.25) is 14.5 Å². The first-order chi connectivity index (χ1) is 25.2. The van der Waals surface area contributed by atoms with Crippen LogP contribution in [0.3, 0.4) is 0 Å². The van der Waals surface area contributed by atoms with E-state index in [1.165, 1.54) is 165 Å². The summed E-state index contributed by atoms with van der Waals surface area (Å²) in [5.74, 6) is -2.10. The van der Waals surface area contributed by atoms with Crippen molar-refractivity contribution < 1.29 is 19.5 Å². The van der Waals surface area contributed by atoms with Crippen LogP contribution < -0.4 is 17.2 Å². The van der Waals surface area contributed by atoms with Gasteiger partial charge in [0.2, 0.25) is 11.8 Å². The topological polar surface area (TPSA) is 165 Å². The summed E-state index contributed by atoms with van der Waals surface area (Å²) in [6.07, 6.45) is 39.4. The van der Waals surface area contributed by atoms with Gasteiger partial charge in [0, 0.05) is 13.0 Å². The number of nitrogens with zero attached hydrogens (tertiary/aromatic N) is 2. The van der Waals surface area contributed by atoms with Crippen molar-refractivity contribution in [2.75, 3.05) is 6.54 Å². The third kappa shape index (κ3) is 31.4. The number of unbranched alkanes of at least 4 members (excludes halogenated alkanes) is 29. The molecular weight excluding hydrogens is 651 g/mol. The predicted molar refractivity (Wildman–Crippen MR) is 220 cm³/mol. The first kappa shape index (κ1) is 49.8. The van der Waals surface area contributed by atoms with E-state index in [0.717, 1.165) is 38.5 Å². The van der Waals surface area contributed by atoms with E-state index in [0.29, 0.717) is 13.0 Å². The molecule has 0 fully saturated rings. The van der Waals surface area contributed by atoms with Crippen molar-refractivity contribution in [3.8, 4) is 0 Å². The van der Waals surface area contributed by atoms with E-state index in [-0.39, 0.29) is 24.7 Å². The predicted octanol–water partition coefficient (Wildman–Crippen LogP) is 10.7. The third-order valence-corrected chi connectivity index (χ3v) is 10.5. The molecule has 0 saturated carbocycles. The summed E-state index contributed by atoms with van der Waals surface area (Å²) >= 11 is 0. The zero-order valence-electron chi connectivity index (χ0n) is 34.2. The van der Waals surface area contributed by atoms with E-state index in [1.54, 1.807) is 0 Å². The Kier molecular flexibility index (Phi) is 35.6. The first-order valence-corrected chi connectivity index (χ1v) is 22.2. The summed E-state index contributed by atoms with van der Waals surface area (Å²) in [5, 5.41) is 9.43. The summed E-state index contributed by atoms with van der Waals surface area (Å²) in [7, 11) is 0. The van der Waals surface area contributed by atoms with Gasteiger partial charge in [-0.15, -0.1) is 0 Å². The Hall–Kier alpha value is -2.16. The molecule has 0 aliphatic carbocycles. The Morgan fingerprint density at radius 2 is 0.846 bits per heavy atom. The second-order valence-electron chi connectivity index (χ2n) is 15.5. The minimum atomic E-state index is -1.18. The van der Waals surface area contributed by atoms with Gasteiger partial charge in [0.25, 0.3) is 0 Å². The van der Waals surface area contributed by atoms with Gasteiger partial charge in [0.15, 0.2) is 12.0 Å². The molecule has 9 nitrogen and oxygen atoms in total. The summed E-state index contributed by atoms with van der Waals surface area (Å²) < 4.78 is 0. The molecule has 0 aliphatic rings. The van der Waals surface area contributed by atoms with Gasteiger partial charge in [-0.2, -0.15) is 0 Å². The molecule has 306 valence electrons. The monoisotopic (exact) mass is 736 g/mol. The van der Waals surface area contributed by atoms with Gasteiger partial charge >= 0.3 is 5.97 Å². The molecule has 0 spiro atoms. The molecule has 9 heteroatoms. The number of aliphatic carboxylic acids is 1. The fourth-order valence-corrected chi connectivity index (χ4v) is 7.04. The van der Waals surface area contributed by atoms with Gasteiger partial charge in [-0.25, -0.2) is 9.79 Å². The average molecular weight is 736 g/mol. The maximum absolute atomic E-state index is 13.4. The Labute approximate surface area is 320 Å². The van der Waals surface area contributed by atoms with Crippen LogP contribution in [0.15, 0.2) is 4.99 Å². The Bertz CT molecular complexity index is 880. The second kappa shape index (κ2) is 37.2. The summed E-state index contributed by atoms with van der Waals surface area (Å²) in [5.41, 5.74) is 17.0. The maximum atomic E-state index is 13.4. The molecule has 0 rings (SSSR count). The molecule has 1 unspecified atom stereocenters. The lowest BCUT2D eigenvalue weighted by atomic mass is 10.0. The number of imide groups is 1. The molecule has 0 aliphatic heterocycles. The number of carboxylic acids is 1. The van der Waals surface area contributed by atoms with Crippen LogP contribution in [0, 0.1) is 0 Å². The third-order valence-electron chi connectivity index (χ3n) is 10.5. The minimum Gasteiger partial charge on any atom is -0.480 e. The smallest absolute Gasteiger partial charge is 0.328 e. The number of carboxylic acid groups (broad SMARTS) is 1. The Morgan fingerprint density at radius 1 is 0.519 bits per heavy atom. The Morgan fingerprint density at radius 3 is 1.17 bits per heavy atom. The van der Waals surface area contributed by atoms with Crippen molar-refractivity contribution in [1.82, 2.24) is 4.90 Å². The van der Waals surface area contributed by atoms with E-state index in [2.05, 4.69) is 18.8 Å². The standard InChI is InChI=1S/C43H85N5O4/c1-3-5-7-9-11-13-15-17-19-21-23-25-27-29-31-33-37-48(41(50)38(44)35-36-39(42(51)52)47-43(45)46)40(49)34-32-30-28-26-24-22-20-18-16-14-12-10-8-6-4-2/h38-39H,3-37,44H2,1-2H3,(H,51,52)(H4,45,46,47)/t38-,39?/m0/s1. The fraction of sp³-hybridized carbons (Fsp3) is 0.907. The zero-order valence-corrected chi connectivity index (χ0v) is 34.2. The zero-order chi connectivity index (χ0) is 38.5. The summed E-state index contributed by atoms with van der Waals surface area (Å²) in [4.78, 5) is 43.3. The number of aliphatic imine (C=N–C) groups is 1. The molecule has 7 N–H and O–H groups in total. The number of hydrogen-bond donors (Lipinski definition) is 4. The lowest BCUT2D eigenvalue weighted by Gasteiger charge is -2.24. The molecule has 0 aromatic heterocycles. The van der Waals surface area contributed by atoms with Gasteiger partial charge < -0.3 is 22.3 Å².